The van der Waals surface area contributed by atoms with Gasteiger partial charge in [0, 0.05) is 44.8 Å². The van der Waals surface area contributed by atoms with Crippen LogP contribution in [0.4, 0.5) is 5.69 Å². The standard InChI is InChI=1S/C27H33N3O4S/c1-20-8-9-21(2)24(16-20)35(33,34)29-14-11-27(12-15-29)10-13-28(19-27)26(32)22-17-25(31)30(18-22)23-6-4-3-5-7-23/h3-9,16,22H,10-15,17-19H2,1-2H3. The molecular weight excluding hydrogens is 462 g/mol. The first-order chi connectivity index (χ1) is 16.7. The van der Waals surface area contributed by atoms with Gasteiger partial charge in [0.15, 0.2) is 0 Å². The molecule has 3 saturated heterocycles. The molecule has 35 heavy (non-hydrogen) atoms. The van der Waals surface area contributed by atoms with Gasteiger partial charge in [-0.25, -0.2) is 8.42 Å². The van der Waals surface area contributed by atoms with Gasteiger partial charge in [-0.3, -0.25) is 9.59 Å². The Labute approximate surface area is 207 Å². The first-order valence-electron chi connectivity index (χ1n) is 12.4. The maximum atomic E-state index is 13.3. The summed E-state index contributed by atoms with van der Waals surface area (Å²) < 4.78 is 28.2. The third kappa shape index (κ3) is 4.49. The van der Waals surface area contributed by atoms with Crippen molar-refractivity contribution in [3.05, 3.63) is 59.7 Å². The molecule has 0 bridgehead atoms. The molecule has 0 saturated carbocycles. The zero-order valence-corrected chi connectivity index (χ0v) is 21.3. The van der Waals surface area contributed by atoms with Crippen LogP contribution >= 0.6 is 0 Å². The molecule has 2 aromatic rings. The van der Waals surface area contributed by atoms with E-state index in [4.69, 9.17) is 0 Å². The summed E-state index contributed by atoms with van der Waals surface area (Å²) >= 11 is 0. The number of nitrogens with zero attached hydrogens (tertiary/aromatic N) is 3. The SMILES string of the molecule is Cc1ccc(C)c(S(=O)(=O)N2CCC3(CCN(C(=O)C4CC(=O)N(c5ccccc5)C4)C3)CC2)c1. The van der Waals surface area contributed by atoms with Crippen molar-refractivity contribution in [2.75, 3.05) is 37.6 Å². The maximum absolute atomic E-state index is 13.3. The first kappa shape index (κ1) is 24.0. The number of piperidine rings is 1. The largest absolute Gasteiger partial charge is 0.342 e. The van der Waals surface area contributed by atoms with Crippen molar-refractivity contribution in [3.8, 4) is 0 Å². The monoisotopic (exact) mass is 495 g/mol. The van der Waals surface area contributed by atoms with Gasteiger partial charge in [0.2, 0.25) is 21.8 Å². The molecule has 3 aliphatic heterocycles. The number of hydrogen-bond acceptors (Lipinski definition) is 4. The maximum Gasteiger partial charge on any atom is 0.243 e. The predicted molar refractivity (Wildman–Crippen MR) is 134 cm³/mol. The minimum Gasteiger partial charge on any atom is -0.342 e. The zero-order chi connectivity index (χ0) is 24.8. The minimum atomic E-state index is -3.53. The Morgan fingerprint density at radius 3 is 2.37 bits per heavy atom. The number of hydrogen-bond donors (Lipinski definition) is 0. The fourth-order valence-electron chi connectivity index (χ4n) is 5.85. The summed E-state index contributed by atoms with van der Waals surface area (Å²) in [5, 5.41) is 0. The summed E-state index contributed by atoms with van der Waals surface area (Å²) in [4.78, 5) is 29.9. The van der Waals surface area contributed by atoms with Gasteiger partial charge in [0.25, 0.3) is 0 Å². The van der Waals surface area contributed by atoms with Crippen LogP contribution in [0.3, 0.4) is 0 Å². The quantitative estimate of drug-likeness (QED) is 0.652. The number of benzene rings is 2. The molecule has 5 rings (SSSR count). The molecule has 186 valence electrons. The first-order valence-corrected chi connectivity index (χ1v) is 13.8. The lowest BCUT2D eigenvalue weighted by Crippen LogP contribution is -2.45. The molecule has 8 heteroatoms. The minimum absolute atomic E-state index is 0.00610. The Morgan fingerprint density at radius 2 is 1.66 bits per heavy atom. The van der Waals surface area contributed by atoms with Crippen LogP contribution in [0, 0.1) is 25.2 Å². The molecule has 0 aromatic heterocycles. The van der Waals surface area contributed by atoms with E-state index in [2.05, 4.69) is 0 Å². The van der Waals surface area contributed by atoms with Crippen molar-refractivity contribution in [1.82, 2.24) is 9.21 Å². The Kier molecular flexibility index (Phi) is 6.21. The van der Waals surface area contributed by atoms with Gasteiger partial charge in [0.1, 0.15) is 0 Å². The number of rotatable bonds is 4. The molecule has 2 amide bonds. The lowest BCUT2D eigenvalue weighted by molar-refractivity contribution is -0.135. The van der Waals surface area contributed by atoms with E-state index >= 15 is 0 Å². The van der Waals surface area contributed by atoms with Crippen molar-refractivity contribution in [3.63, 3.8) is 0 Å². The van der Waals surface area contributed by atoms with E-state index < -0.39 is 10.0 Å². The summed E-state index contributed by atoms with van der Waals surface area (Å²) in [5.41, 5.74) is 2.50. The number of amides is 2. The number of anilines is 1. The number of aryl methyl sites for hydroxylation is 2. The second-order valence-electron chi connectivity index (χ2n) is 10.4. The summed E-state index contributed by atoms with van der Waals surface area (Å²) in [6, 6.07) is 15.1. The normalized spacial score (nSPS) is 22.8. The average molecular weight is 496 g/mol. The summed E-state index contributed by atoms with van der Waals surface area (Å²) in [7, 11) is -3.53. The molecule has 0 radical (unpaired) electrons. The van der Waals surface area contributed by atoms with E-state index in [0.29, 0.717) is 37.6 Å². The van der Waals surface area contributed by atoms with Gasteiger partial charge in [-0.05, 0) is 67.9 Å². The highest BCUT2D eigenvalue weighted by Gasteiger charge is 2.46. The van der Waals surface area contributed by atoms with Crippen molar-refractivity contribution in [1.29, 1.82) is 0 Å². The van der Waals surface area contributed by atoms with Crippen molar-refractivity contribution in [2.24, 2.45) is 11.3 Å². The average Bonchev–Trinajstić information content (AvgIpc) is 3.45. The number of carbonyl (C=O) groups excluding carboxylic acids is 2. The van der Waals surface area contributed by atoms with Crippen molar-refractivity contribution in [2.45, 2.75) is 44.4 Å². The smallest absolute Gasteiger partial charge is 0.243 e. The number of sulfonamides is 1. The van der Waals surface area contributed by atoms with Crippen LogP contribution in [0.1, 0.15) is 36.8 Å². The van der Waals surface area contributed by atoms with E-state index in [1.807, 2.05) is 61.2 Å². The molecule has 3 heterocycles. The van der Waals surface area contributed by atoms with Crippen molar-refractivity contribution < 1.29 is 18.0 Å². The molecular formula is C27H33N3O4S. The van der Waals surface area contributed by atoms with Gasteiger partial charge in [-0.15, -0.1) is 0 Å². The molecule has 1 unspecified atom stereocenters. The predicted octanol–water partition coefficient (Wildman–Crippen LogP) is 3.36. The van der Waals surface area contributed by atoms with Gasteiger partial charge in [-0.2, -0.15) is 4.31 Å². The van der Waals surface area contributed by atoms with Crippen LogP contribution in [0.5, 0.6) is 0 Å². The van der Waals surface area contributed by atoms with E-state index in [0.717, 1.165) is 36.1 Å². The Balaban J connectivity index is 1.21. The molecule has 3 fully saturated rings. The highest BCUT2D eigenvalue weighted by Crippen LogP contribution is 2.42. The highest BCUT2D eigenvalue weighted by molar-refractivity contribution is 7.89. The molecule has 2 aromatic carbocycles. The van der Waals surface area contributed by atoms with Crippen LogP contribution in [0.25, 0.3) is 0 Å². The topological polar surface area (TPSA) is 78.0 Å². The van der Waals surface area contributed by atoms with Crippen LogP contribution in [0.2, 0.25) is 0 Å². The fourth-order valence-corrected chi connectivity index (χ4v) is 7.60. The highest BCUT2D eigenvalue weighted by atomic mass is 32.2. The number of carbonyl (C=O) groups is 2. The van der Waals surface area contributed by atoms with Gasteiger partial charge < -0.3 is 9.80 Å². The lowest BCUT2D eigenvalue weighted by Gasteiger charge is -2.38. The van der Waals surface area contributed by atoms with E-state index in [9.17, 15) is 18.0 Å². The van der Waals surface area contributed by atoms with Crippen LogP contribution in [-0.2, 0) is 19.6 Å². The summed E-state index contributed by atoms with van der Waals surface area (Å²) in [6.07, 6.45) is 2.64. The number of likely N-dealkylation sites (tertiary alicyclic amines) is 1. The third-order valence-electron chi connectivity index (χ3n) is 8.04. The Bertz CT molecular complexity index is 1240. The van der Waals surface area contributed by atoms with Crippen LogP contribution in [-0.4, -0.2) is 62.2 Å². The number of para-hydroxylation sites is 1. The second-order valence-corrected chi connectivity index (χ2v) is 12.3. The zero-order valence-electron chi connectivity index (χ0n) is 20.4. The van der Waals surface area contributed by atoms with Crippen LogP contribution < -0.4 is 4.90 Å². The van der Waals surface area contributed by atoms with Gasteiger partial charge in [0.05, 0.1) is 10.8 Å². The van der Waals surface area contributed by atoms with E-state index in [-0.39, 0.29) is 29.6 Å². The molecule has 1 atom stereocenters. The summed E-state index contributed by atoms with van der Waals surface area (Å²) in [6.45, 7) is 6.45. The molecule has 3 aliphatic rings. The van der Waals surface area contributed by atoms with Crippen LogP contribution in [0.15, 0.2) is 53.4 Å². The molecule has 0 N–H and O–H groups in total. The second kappa shape index (κ2) is 9.06. The third-order valence-corrected chi connectivity index (χ3v) is 10.1. The van der Waals surface area contributed by atoms with Crippen molar-refractivity contribution >= 4 is 27.5 Å². The molecule has 7 nitrogen and oxygen atoms in total. The van der Waals surface area contributed by atoms with E-state index in [1.165, 1.54) is 0 Å². The summed E-state index contributed by atoms with van der Waals surface area (Å²) in [5.74, 6) is -0.268. The van der Waals surface area contributed by atoms with Gasteiger partial charge in [-0.1, -0.05) is 30.3 Å². The molecule has 1 spiro atoms. The molecule has 0 aliphatic carbocycles. The van der Waals surface area contributed by atoms with E-state index in [1.54, 1.807) is 15.3 Å². The lowest BCUT2D eigenvalue weighted by atomic mass is 9.78. The van der Waals surface area contributed by atoms with Gasteiger partial charge >= 0.3 is 0 Å². The fraction of sp³-hybridized carbons (Fsp3) is 0.481. The Morgan fingerprint density at radius 1 is 0.971 bits per heavy atom. The Hall–Kier alpha value is -2.71.